The van der Waals surface area contributed by atoms with Crippen LogP contribution >= 0.6 is 0 Å². The monoisotopic (exact) mass is 1630 g/mol. The molecular weight excluding hydrogens is 1470 g/mol. The van der Waals surface area contributed by atoms with Crippen LogP contribution in [0, 0.1) is 80.8 Å². The average Bonchev–Trinajstić information content (AvgIpc) is 1.36. The van der Waals surface area contributed by atoms with Crippen molar-refractivity contribution < 1.29 is 63.0 Å². The number of amides is 11. The predicted molar refractivity (Wildman–Crippen MR) is 461 cm³/mol. The predicted octanol–water partition coefficient (Wildman–Crippen LogP) is 11.7. The second kappa shape index (κ2) is 43.0. The number of hydrogen-bond acceptors (Lipinski definition) is 13. The molecule has 1 aliphatic heterocycles. The number of aliphatic hydroxyl groups excluding tert-OH is 2. The summed E-state index contributed by atoms with van der Waals surface area (Å²) >= 11 is 0. The van der Waals surface area contributed by atoms with Crippen LogP contribution in [0.1, 0.15) is 276 Å². The molecule has 0 radical (unpaired) electrons. The van der Waals surface area contributed by atoms with Crippen LogP contribution in [-0.4, -0.2) is 238 Å². The lowest BCUT2D eigenvalue weighted by Gasteiger charge is -2.62. The normalized spacial score (nSPS) is 31.7. The topological polar surface area (TPSA) is 299 Å². The first kappa shape index (κ1) is 102. The van der Waals surface area contributed by atoms with Gasteiger partial charge in [-0.15, -0.1) is 0 Å². The Morgan fingerprint density at radius 3 is 1.52 bits per heavy atom. The third-order valence-electron chi connectivity index (χ3n) is 27.7. The molecule has 5 rings (SSSR count). The van der Waals surface area contributed by atoms with Crippen LogP contribution in [-0.2, 0) is 52.7 Å². The minimum atomic E-state index is -1.61. The Balaban J connectivity index is 0.000000748. The largest absolute Gasteiger partial charge is 0.393 e. The lowest BCUT2D eigenvalue weighted by Crippen LogP contribution is -2.63. The van der Waals surface area contributed by atoms with Crippen molar-refractivity contribution in [3.63, 3.8) is 0 Å². The fourth-order valence-electron chi connectivity index (χ4n) is 20.1. The van der Waals surface area contributed by atoms with Gasteiger partial charge >= 0.3 is 0 Å². The minimum absolute atomic E-state index is 0.0229. The summed E-state index contributed by atoms with van der Waals surface area (Å²) in [5.41, 5.74) is 6.41. The number of carbonyl (C=O) groups excluding carboxylic acids is 11. The first-order valence-electron chi connectivity index (χ1n) is 44.0. The second-order valence-electron chi connectivity index (χ2n) is 39.7. The van der Waals surface area contributed by atoms with Gasteiger partial charge in [-0.2, -0.15) is 0 Å². The van der Waals surface area contributed by atoms with Crippen molar-refractivity contribution in [2.24, 2.45) is 80.8 Å². The molecule has 6 N–H and O–H groups in total. The Morgan fingerprint density at radius 1 is 0.517 bits per heavy atom. The van der Waals surface area contributed by atoms with E-state index in [1.54, 1.807) is 54.5 Å². The Morgan fingerprint density at radius 2 is 1.01 bits per heavy atom. The summed E-state index contributed by atoms with van der Waals surface area (Å²) in [5, 5.41) is 33.9. The van der Waals surface area contributed by atoms with Crippen molar-refractivity contribution in [3.8, 4) is 0 Å². The second-order valence-corrected chi connectivity index (χ2v) is 39.7. The fourth-order valence-corrected chi connectivity index (χ4v) is 20.1. The summed E-state index contributed by atoms with van der Waals surface area (Å²) in [6.07, 6.45) is 18.2. The molecule has 3 fully saturated rings. The smallest absolute Gasteiger partial charge is 0.246 e. The van der Waals surface area contributed by atoms with E-state index in [9.17, 15) is 53.4 Å². The summed E-state index contributed by atoms with van der Waals surface area (Å²) in [4.78, 5) is 169. The highest BCUT2D eigenvalue weighted by Crippen LogP contribution is 2.72. The molecule has 0 aromatic heterocycles. The number of likely N-dealkylation sites (N-methyl/N-ethyl adjacent to an activating group) is 7. The van der Waals surface area contributed by atoms with Crippen molar-refractivity contribution in [2.45, 2.75) is 348 Å². The highest BCUT2D eigenvalue weighted by molar-refractivity contribution is 5.99. The van der Waals surface area contributed by atoms with Crippen LogP contribution in [0.2, 0.25) is 0 Å². The average molecular weight is 1630 g/mol. The van der Waals surface area contributed by atoms with E-state index in [0.717, 1.165) is 28.1 Å². The standard InChI is InChI=1S/C62H111N11O12.C30H50O/c1-25-27-28-40(15)52(75)51-56(79)65-43(26-2)58(81)67(18)33-48(74)68(19)44(29-34(3)4)55(78)66-49(38(11)12)61(84)69(20)45(30-35(5)6)54(77)63-41(16)53(76)64-42(17)57(80)70(21)46(31-36(7)8)59(82)71(22)47(32-37(9)10)60(83)72(23)50(39(13)14)62(85)73(51)24;1-20(2)10-9-11-21(3)22-14-18-30(8)24-12-13-25-27(4,5)26(31)16-17-28(25,6)23(24)15-19-29(22,30)7/h25,27,34-47,49-52,75H,26,28-33H2,1-24H3,(H,63,77)(H,64,76)(H,65,79)(H,66,78);10,21-22,25-26,31H,9,11-19H2,1-8H3. The molecule has 0 spiro atoms. The minimum Gasteiger partial charge on any atom is -0.393 e. The van der Waals surface area contributed by atoms with Crippen LogP contribution in [0.5, 0.6) is 0 Å². The Kier molecular flexibility index (Phi) is 37.7. The summed E-state index contributed by atoms with van der Waals surface area (Å²) < 4.78 is 0. The van der Waals surface area contributed by atoms with Crippen molar-refractivity contribution in [3.05, 3.63) is 34.9 Å². The molecule has 0 aromatic rings. The molecule has 11 amide bonds. The molecule has 4 aliphatic carbocycles. The zero-order valence-electron chi connectivity index (χ0n) is 78.0. The summed E-state index contributed by atoms with van der Waals surface area (Å²) in [7, 11) is 9.92. The number of nitrogens with one attached hydrogen (secondary N) is 4. The van der Waals surface area contributed by atoms with Crippen molar-refractivity contribution in [1.29, 1.82) is 0 Å². The van der Waals surface area contributed by atoms with Gasteiger partial charge in [-0.25, -0.2) is 0 Å². The first-order valence-corrected chi connectivity index (χ1v) is 44.0. The number of rotatable bonds is 19. The molecule has 24 nitrogen and oxygen atoms in total. The van der Waals surface area contributed by atoms with Gasteiger partial charge in [-0.1, -0.05) is 173 Å². The highest BCUT2D eigenvalue weighted by Gasteiger charge is 2.63. The summed E-state index contributed by atoms with van der Waals surface area (Å²) in [5.74, 6) is -7.39. The maximum Gasteiger partial charge on any atom is 0.246 e. The van der Waals surface area contributed by atoms with E-state index in [0.29, 0.717) is 28.6 Å². The van der Waals surface area contributed by atoms with Crippen LogP contribution in [0.25, 0.3) is 0 Å². The SMILES string of the molecule is CC(C)=CCCC(C)C1CCC2(C)C3=C(CCC12C)C1(C)CCC(O)C(C)(C)C1CC3.CC=CCC(C)C(O)C1C(=O)NC(CC)C(=O)N(C)CC(=O)N(C)C(CC(C)C)C(=O)NC(C(C)C)C(=O)N(C)C(CC(C)C)C(=O)NC(C)C(=O)NC(C)C(=O)N(C)C(CC(C)C)C(=O)N(C)C(CC(C)C)C(=O)N(C)C(C(C)C)C(=O)N1C. The maximum atomic E-state index is 15.1. The van der Waals surface area contributed by atoms with E-state index in [1.165, 1.54) is 151 Å². The zero-order chi connectivity index (χ0) is 88.8. The lowest BCUT2D eigenvalue weighted by atomic mass is 9.43. The van der Waals surface area contributed by atoms with Gasteiger partial charge in [-0.05, 0) is 218 Å². The molecule has 24 heteroatoms. The van der Waals surface area contributed by atoms with Crippen LogP contribution in [0.4, 0.5) is 0 Å². The third-order valence-corrected chi connectivity index (χ3v) is 27.7. The lowest BCUT2D eigenvalue weighted by molar-refractivity contribution is -0.157. The fraction of sp³-hybridized carbons (Fsp3) is 0.815. The van der Waals surface area contributed by atoms with E-state index in [-0.39, 0.29) is 67.3 Å². The van der Waals surface area contributed by atoms with Crippen molar-refractivity contribution in [2.75, 3.05) is 55.9 Å². The molecule has 1 saturated heterocycles. The maximum absolute atomic E-state index is 15.1. The quantitative estimate of drug-likeness (QED) is 0.0657. The molecule has 19 unspecified atom stereocenters. The molecule has 0 bridgehead atoms. The molecule has 0 aromatic carbocycles. The number of aliphatic hydroxyl groups is 2. The number of carbonyl (C=O) groups is 11. The van der Waals surface area contributed by atoms with Gasteiger partial charge in [0.1, 0.15) is 60.4 Å². The van der Waals surface area contributed by atoms with Gasteiger partial charge in [0.25, 0.3) is 0 Å². The molecule has 19 atom stereocenters. The van der Waals surface area contributed by atoms with E-state index in [1.807, 2.05) is 72.6 Å². The highest BCUT2D eigenvalue weighted by atomic mass is 16.3. The number of nitrogens with zero attached hydrogens (tertiary/aromatic N) is 7. The van der Waals surface area contributed by atoms with Gasteiger partial charge in [0.2, 0.25) is 65.0 Å². The molecule has 5 aliphatic rings. The van der Waals surface area contributed by atoms with E-state index >= 15 is 9.59 Å². The van der Waals surface area contributed by atoms with E-state index < -0.39 is 156 Å². The Bertz CT molecular complexity index is 3490. The molecule has 1 heterocycles. The van der Waals surface area contributed by atoms with Crippen molar-refractivity contribution >= 4 is 65.0 Å². The van der Waals surface area contributed by atoms with Gasteiger partial charge in [-0.3, -0.25) is 52.7 Å². The number of fused-ring (bicyclic) bond motifs is 4. The first-order chi connectivity index (χ1) is 53.6. The molecule has 116 heavy (non-hydrogen) atoms. The van der Waals surface area contributed by atoms with Crippen molar-refractivity contribution in [1.82, 2.24) is 55.6 Å². The molecule has 662 valence electrons. The third kappa shape index (κ3) is 23.9. The summed E-state index contributed by atoms with van der Waals surface area (Å²) in [6.45, 7) is 49.0. The molecular formula is C92H161N11O13. The zero-order valence-corrected chi connectivity index (χ0v) is 78.0. The van der Waals surface area contributed by atoms with Crippen LogP contribution in [0.15, 0.2) is 34.9 Å². The van der Waals surface area contributed by atoms with Crippen LogP contribution < -0.4 is 21.3 Å². The van der Waals surface area contributed by atoms with E-state index in [2.05, 4.69) is 82.7 Å². The summed E-state index contributed by atoms with van der Waals surface area (Å²) in [6, 6.07) is -12.3. The number of hydrogen-bond donors (Lipinski definition) is 6. The van der Waals surface area contributed by atoms with E-state index in [4.69, 9.17) is 0 Å². The van der Waals surface area contributed by atoms with Crippen LogP contribution in [0.3, 0.4) is 0 Å². The number of allylic oxidation sites excluding steroid dienone is 6. The van der Waals surface area contributed by atoms with Gasteiger partial charge in [0.05, 0.1) is 18.8 Å². The Labute approximate surface area is 700 Å². The van der Waals surface area contributed by atoms with Gasteiger partial charge in [0.15, 0.2) is 0 Å². The Hall–Kier alpha value is -6.69. The van der Waals surface area contributed by atoms with Gasteiger partial charge < -0.3 is 65.8 Å². The molecule has 2 saturated carbocycles. The van der Waals surface area contributed by atoms with Gasteiger partial charge in [0, 0.05) is 49.3 Å².